The summed E-state index contributed by atoms with van der Waals surface area (Å²) in [7, 11) is 1.99. The van der Waals surface area contributed by atoms with Gasteiger partial charge in [-0.05, 0) is 51.8 Å². The maximum absolute atomic E-state index is 6.04. The number of rotatable bonds is 5. The summed E-state index contributed by atoms with van der Waals surface area (Å²) in [6, 6.07) is 8.72. The smallest absolute Gasteiger partial charge is 0.0644 e. The van der Waals surface area contributed by atoms with Crippen LogP contribution in [-0.4, -0.2) is 15.8 Å². The Hall–Kier alpha value is -1.32. The Kier molecular flexibility index (Phi) is 5.07. The summed E-state index contributed by atoms with van der Waals surface area (Å²) in [5.74, 6) is 0. The van der Waals surface area contributed by atoms with Crippen LogP contribution in [0.1, 0.15) is 42.4 Å². The van der Waals surface area contributed by atoms with Crippen LogP contribution in [0, 0.1) is 13.8 Å². The summed E-state index contributed by atoms with van der Waals surface area (Å²) in [4.78, 5) is 0. The van der Waals surface area contributed by atoms with Gasteiger partial charge in [-0.3, -0.25) is 4.68 Å². The van der Waals surface area contributed by atoms with Gasteiger partial charge in [0.05, 0.1) is 5.69 Å². The minimum Gasteiger partial charge on any atom is -0.307 e. The van der Waals surface area contributed by atoms with Crippen molar-refractivity contribution >= 4 is 11.6 Å². The van der Waals surface area contributed by atoms with Gasteiger partial charge >= 0.3 is 0 Å². The van der Waals surface area contributed by atoms with Gasteiger partial charge in [-0.1, -0.05) is 23.7 Å². The molecular weight excluding hydrogens is 282 g/mol. The van der Waals surface area contributed by atoms with Crippen LogP contribution in [0.5, 0.6) is 0 Å². The molecule has 21 heavy (non-hydrogen) atoms. The highest BCUT2D eigenvalue weighted by atomic mass is 35.5. The van der Waals surface area contributed by atoms with Gasteiger partial charge in [-0.25, -0.2) is 0 Å². The summed E-state index contributed by atoms with van der Waals surface area (Å²) in [6.45, 7) is 8.60. The first-order valence-electron chi connectivity index (χ1n) is 7.39. The van der Waals surface area contributed by atoms with E-state index < -0.39 is 0 Å². The molecule has 0 aliphatic heterocycles. The monoisotopic (exact) mass is 305 g/mol. The van der Waals surface area contributed by atoms with Crippen molar-refractivity contribution in [3.63, 3.8) is 0 Å². The Labute approximate surface area is 132 Å². The fourth-order valence-electron chi connectivity index (χ4n) is 3.00. The Morgan fingerprint density at radius 1 is 1.29 bits per heavy atom. The summed E-state index contributed by atoms with van der Waals surface area (Å²) in [5, 5.41) is 8.95. The number of aromatic nitrogens is 2. The molecule has 0 spiro atoms. The molecule has 0 saturated heterocycles. The Bertz CT molecular complexity index is 618. The van der Waals surface area contributed by atoms with E-state index in [1.165, 1.54) is 16.8 Å². The minimum atomic E-state index is 0.285. The molecule has 0 aliphatic carbocycles. The van der Waals surface area contributed by atoms with Crippen molar-refractivity contribution in [3.8, 4) is 0 Å². The van der Waals surface area contributed by atoms with Gasteiger partial charge in [-0.15, -0.1) is 0 Å². The average Bonchev–Trinajstić information content (AvgIpc) is 2.62. The van der Waals surface area contributed by atoms with Crippen molar-refractivity contribution in [2.24, 2.45) is 7.05 Å². The van der Waals surface area contributed by atoms with Crippen LogP contribution < -0.4 is 5.32 Å². The molecule has 1 N–H and O–H groups in total. The van der Waals surface area contributed by atoms with Gasteiger partial charge < -0.3 is 5.32 Å². The zero-order chi connectivity index (χ0) is 15.6. The molecule has 1 aromatic carbocycles. The maximum atomic E-state index is 6.04. The number of nitrogens with one attached hydrogen (secondary N) is 1. The molecule has 2 aromatic rings. The summed E-state index contributed by atoms with van der Waals surface area (Å²) < 4.78 is 1.95. The zero-order valence-electron chi connectivity index (χ0n) is 13.4. The van der Waals surface area contributed by atoms with Gasteiger partial charge in [0.1, 0.15) is 0 Å². The van der Waals surface area contributed by atoms with Gasteiger partial charge in [0.25, 0.3) is 0 Å². The number of aryl methyl sites for hydroxylation is 2. The minimum absolute atomic E-state index is 0.285. The predicted molar refractivity (Wildman–Crippen MR) is 88.9 cm³/mol. The first-order valence-corrected chi connectivity index (χ1v) is 7.77. The van der Waals surface area contributed by atoms with E-state index in [-0.39, 0.29) is 6.04 Å². The largest absolute Gasteiger partial charge is 0.307 e. The van der Waals surface area contributed by atoms with Gasteiger partial charge in [0, 0.05) is 35.4 Å². The summed E-state index contributed by atoms with van der Waals surface area (Å²) in [5.41, 5.74) is 4.89. The predicted octanol–water partition coefficient (Wildman–Crippen LogP) is 3.97. The highest BCUT2D eigenvalue weighted by Gasteiger charge is 2.17. The van der Waals surface area contributed by atoms with E-state index in [0.717, 1.165) is 17.1 Å². The molecule has 0 amide bonds. The second-order valence-corrected chi connectivity index (χ2v) is 6.27. The molecule has 3 nitrogen and oxygen atoms in total. The molecule has 0 aliphatic rings. The van der Waals surface area contributed by atoms with Gasteiger partial charge in [0.15, 0.2) is 0 Å². The molecule has 0 fully saturated rings. The number of halogens is 1. The lowest BCUT2D eigenvalue weighted by Gasteiger charge is -2.21. The quantitative estimate of drug-likeness (QED) is 0.906. The summed E-state index contributed by atoms with van der Waals surface area (Å²) >= 11 is 6.04. The van der Waals surface area contributed by atoms with Crippen molar-refractivity contribution in [1.29, 1.82) is 0 Å². The zero-order valence-corrected chi connectivity index (χ0v) is 14.2. The summed E-state index contributed by atoms with van der Waals surface area (Å²) in [6.07, 6.45) is 0.962. The standard InChI is InChI=1S/C17H24ClN3/c1-11(9-15-7-6-8-16(18)10-15)19-12(2)17-13(3)20-21(5)14(17)4/h6-8,10-12,19H,9H2,1-5H3. The molecule has 2 atom stereocenters. The van der Waals surface area contributed by atoms with E-state index in [1.54, 1.807) is 0 Å². The SMILES string of the molecule is Cc1nn(C)c(C)c1C(C)NC(C)Cc1cccc(Cl)c1. The lowest BCUT2D eigenvalue weighted by Crippen LogP contribution is -2.31. The third kappa shape index (κ3) is 3.86. The number of nitrogens with zero attached hydrogens (tertiary/aromatic N) is 2. The Morgan fingerprint density at radius 3 is 2.57 bits per heavy atom. The first kappa shape index (κ1) is 16.1. The lowest BCUT2D eigenvalue weighted by atomic mass is 10.0. The molecule has 1 aromatic heterocycles. The van der Waals surface area contributed by atoms with Crippen molar-refractivity contribution in [1.82, 2.24) is 15.1 Å². The van der Waals surface area contributed by atoms with E-state index in [2.05, 4.69) is 44.2 Å². The van der Waals surface area contributed by atoms with Crippen LogP contribution in [0.2, 0.25) is 5.02 Å². The molecule has 0 saturated carbocycles. The Morgan fingerprint density at radius 2 is 2.00 bits per heavy atom. The van der Waals surface area contributed by atoms with Crippen LogP contribution in [0.15, 0.2) is 24.3 Å². The molecule has 4 heteroatoms. The van der Waals surface area contributed by atoms with E-state index in [0.29, 0.717) is 6.04 Å². The van der Waals surface area contributed by atoms with E-state index in [4.69, 9.17) is 11.6 Å². The molecule has 0 radical (unpaired) electrons. The van der Waals surface area contributed by atoms with Crippen molar-refractivity contribution in [3.05, 3.63) is 51.8 Å². The molecule has 1 heterocycles. The molecule has 2 unspecified atom stereocenters. The van der Waals surface area contributed by atoms with Crippen LogP contribution >= 0.6 is 11.6 Å². The second-order valence-electron chi connectivity index (χ2n) is 5.83. The number of benzene rings is 1. The highest BCUT2D eigenvalue weighted by molar-refractivity contribution is 6.30. The molecule has 0 bridgehead atoms. The van der Waals surface area contributed by atoms with Gasteiger partial charge in [0.2, 0.25) is 0 Å². The third-order valence-corrected chi connectivity index (χ3v) is 4.20. The van der Waals surface area contributed by atoms with Crippen LogP contribution in [-0.2, 0) is 13.5 Å². The lowest BCUT2D eigenvalue weighted by molar-refractivity contribution is 0.474. The second kappa shape index (κ2) is 6.63. The third-order valence-electron chi connectivity index (χ3n) is 3.96. The van der Waals surface area contributed by atoms with Crippen LogP contribution in [0.4, 0.5) is 0 Å². The molecular formula is C17H24ClN3. The van der Waals surface area contributed by atoms with E-state index >= 15 is 0 Å². The molecule has 114 valence electrons. The first-order chi connectivity index (χ1) is 9.88. The maximum Gasteiger partial charge on any atom is 0.0644 e. The van der Waals surface area contributed by atoms with E-state index in [1.807, 2.05) is 29.9 Å². The van der Waals surface area contributed by atoms with Gasteiger partial charge in [-0.2, -0.15) is 5.10 Å². The Balaban J connectivity index is 2.03. The van der Waals surface area contributed by atoms with E-state index in [9.17, 15) is 0 Å². The van der Waals surface area contributed by atoms with Crippen molar-refractivity contribution < 1.29 is 0 Å². The van der Waals surface area contributed by atoms with Crippen molar-refractivity contribution in [2.45, 2.75) is 46.2 Å². The topological polar surface area (TPSA) is 29.9 Å². The van der Waals surface area contributed by atoms with Crippen LogP contribution in [0.3, 0.4) is 0 Å². The average molecular weight is 306 g/mol. The number of hydrogen-bond donors (Lipinski definition) is 1. The molecule has 2 rings (SSSR count). The van der Waals surface area contributed by atoms with Crippen molar-refractivity contribution in [2.75, 3.05) is 0 Å². The fraction of sp³-hybridized carbons (Fsp3) is 0.471. The van der Waals surface area contributed by atoms with Crippen LogP contribution in [0.25, 0.3) is 0 Å². The highest BCUT2D eigenvalue weighted by Crippen LogP contribution is 2.21. The normalized spacial score (nSPS) is 14.2. The fourth-order valence-corrected chi connectivity index (χ4v) is 3.22. The number of hydrogen-bond acceptors (Lipinski definition) is 2.